The van der Waals surface area contributed by atoms with Gasteiger partial charge >= 0.3 is 17.9 Å². The van der Waals surface area contributed by atoms with E-state index in [2.05, 4.69) is 93.7 Å². The third-order valence-electron chi connectivity index (χ3n) is 11.7. The molecule has 1 unspecified atom stereocenters. The number of carbonyl (C=O) groups is 3. The molecule has 0 spiro atoms. The zero-order chi connectivity index (χ0) is 48.6. The Morgan fingerprint density at radius 3 is 0.970 bits per heavy atom. The van der Waals surface area contributed by atoms with Crippen molar-refractivity contribution in [2.24, 2.45) is 0 Å². The number of allylic oxidation sites excluding steroid dienone is 16. The summed E-state index contributed by atoms with van der Waals surface area (Å²) in [4.78, 5) is 38.1. The molecule has 0 heterocycles. The Bertz CT molecular complexity index is 1350. The number of ether oxygens (including phenoxy) is 3. The standard InChI is InChI=1S/C61H102O6/c1-4-7-10-13-16-19-22-25-27-29-31-33-36-39-42-45-48-51-54-60(63)66-57-58(56-65-59(62)53-50-47-44-41-38-35-24-21-18-15-12-9-6-3)67-61(64)55-52-49-46-43-40-37-34-32-30-28-26-23-20-17-14-11-8-5-2/h10,13,16,19,22,25,27-35,38,58H,4-9,11-12,14-15,17-18,20-21,23-24,26,36-37,39-57H2,1-3H3/b13-10-,19-16-,25-22-,29-27-,30-28-,33-31-,34-32-,38-35-. The van der Waals surface area contributed by atoms with Crippen molar-refractivity contribution in [2.45, 2.75) is 258 Å². The van der Waals surface area contributed by atoms with Gasteiger partial charge in [0.25, 0.3) is 0 Å². The minimum absolute atomic E-state index is 0.101. The highest BCUT2D eigenvalue weighted by Gasteiger charge is 2.19. The van der Waals surface area contributed by atoms with Gasteiger partial charge in [0, 0.05) is 19.3 Å². The van der Waals surface area contributed by atoms with Crippen LogP contribution < -0.4 is 0 Å². The van der Waals surface area contributed by atoms with Gasteiger partial charge in [0.15, 0.2) is 6.10 Å². The van der Waals surface area contributed by atoms with Gasteiger partial charge in [-0.15, -0.1) is 0 Å². The molecular formula is C61H102O6. The van der Waals surface area contributed by atoms with Crippen molar-refractivity contribution in [3.8, 4) is 0 Å². The van der Waals surface area contributed by atoms with Crippen molar-refractivity contribution in [1.82, 2.24) is 0 Å². The van der Waals surface area contributed by atoms with Crippen LogP contribution in [-0.2, 0) is 28.6 Å². The zero-order valence-electron chi connectivity index (χ0n) is 43.6. The van der Waals surface area contributed by atoms with Gasteiger partial charge in [0.05, 0.1) is 0 Å². The lowest BCUT2D eigenvalue weighted by Gasteiger charge is -2.18. The molecule has 0 aromatic rings. The molecule has 6 heteroatoms. The topological polar surface area (TPSA) is 78.9 Å². The number of hydrogen-bond donors (Lipinski definition) is 0. The van der Waals surface area contributed by atoms with Gasteiger partial charge in [-0.2, -0.15) is 0 Å². The molecule has 67 heavy (non-hydrogen) atoms. The van der Waals surface area contributed by atoms with Crippen LogP contribution in [0.15, 0.2) is 97.2 Å². The van der Waals surface area contributed by atoms with Gasteiger partial charge in [0.1, 0.15) is 13.2 Å². The highest BCUT2D eigenvalue weighted by Crippen LogP contribution is 2.14. The van der Waals surface area contributed by atoms with Crippen molar-refractivity contribution >= 4 is 17.9 Å². The van der Waals surface area contributed by atoms with E-state index in [4.69, 9.17) is 14.2 Å². The molecule has 0 N–H and O–H groups in total. The zero-order valence-corrected chi connectivity index (χ0v) is 43.6. The summed E-state index contributed by atoms with van der Waals surface area (Å²) in [7, 11) is 0. The van der Waals surface area contributed by atoms with Crippen LogP contribution in [-0.4, -0.2) is 37.2 Å². The molecule has 0 saturated heterocycles. The summed E-state index contributed by atoms with van der Waals surface area (Å²) in [6.45, 7) is 6.49. The van der Waals surface area contributed by atoms with Crippen molar-refractivity contribution in [3.63, 3.8) is 0 Å². The molecule has 0 aromatic heterocycles. The number of hydrogen-bond acceptors (Lipinski definition) is 6. The van der Waals surface area contributed by atoms with E-state index in [0.29, 0.717) is 19.3 Å². The van der Waals surface area contributed by atoms with E-state index < -0.39 is 6.10 Å². The molecule has 0 bridgehead atoms. The number of unbranched alkanes of at least 4 members (excludes halogenated alkanes) is 27. The van der Waals surface area contributed by atoms with Crippen LogP contribution in [0.2, 0.25) is 0 Å². The third kappa shape index (κ3) is 53.2. The van der Waals surface area contributed by atoms with Gasteiger partial charge in [0.2, 0.25) is 0 Å². The highest BCUT2D eigenvalue weighted by molar-refractivity contribution is 5.71. The summed E-state index contributed by atoms with van der Waals surface area (Å²) in [5.74, 6) is -0.955. The molecule has 0 fully saturated rings. The Labute approximate surface area is 413 Å². The maximum atomic E-state index is 12.8. The van der Waals surface area contributed by atoms with E-state index in [1.165, 1.54) is 96.3 Å². The molecule has 0 aromatic carbocycles. The smallest absolute Gasteiger partial charge is 0.306 e. The molecule has 6 nitrogen and oxygen atoms in total. The largest absolute Gasteiger partial charge is 0.462 e. The summed E-state index contributed by atoms with van der Waals surface area (Å²) in [5.41, 5.74) is 0. The summed E-state index contributed by atoms with van der Waals surface area (Å²) >= 11 is 0. The molecule has 0 radical (unpaired) electrons. The normalized spacial score (nSPS) is 12.8. The molecular weight excluding hydrogens is 829 g/mol. The monoisotopic (exact) mass is 931 g/mol. The first-order valence-electron chi connectivity index (χ1n) is 27.8. The van der Waals surface area contributed by atoms with Crippen LogP contribution in [0.4, 0.5) is 0 Å². The van der Waals surface area contributed by atoms with E-state index in [1.54, 1.807) is 0 Å². The fourth-order valence-corrected chi connectivity index (χ4v) is 7.46. The summed E-state index contributed by atoms with van der Waals surface area (Å²) < 4.78 is 16.8. The minimum Gasteiger partial charge on any atom is -0.462 e. The molecule has 0 aliphatic heterocycles. The van der Waals surface area contributed by atoms with Crippen molar-refractivity contribution in [3.05, 3.63) is 97.2 Å². The Balaban J connectivity index is 4.49. The number of carbonyl (C=O) groups excluding carboxylic acids is 3. The maximum Gasteiger partial charge on any atom is 0.306 e. The molecule has 0 aliphatic rings. The second-order valence-corrected chi connectivity index (χ2v) is 18.3. The van der Waals surface area contributed by atoms with Gasteiger partial charge in [-0.25, -0.2) is 0 Å². The molecule has 0 saturated carbocycles. The summed E-state index contributed by atoms with van der Waals surface area (Å²) in [6, 6.07) is 0. The van der Waals surface area contributed by atoms with Crippen LogP contribution in [0.25, 0.3) is 0 Å². The average Bonchev–Trinajstić information content (AvgIpc) is 3.33. The van der Waals surface area contributed by atoms with Crippen LogP contribution in [0.5, 0.6) is 0 Å². The predicted octanol–water partition coefficient (Wildman–Crippen LogP) is 18.5. The van der Waals surface area contributed by atoms with Crippen molar-refractivity contribution in [2.75, 3.05) is 13.2 Å². The Kier molecular flexibility index (Phi) is 51.9. The Morgan fingerprint density at radius 1 is 0.299 bits per heavy atom. The Hall–Kier alpha value is -3.67. The second kappa shape index (κ2) is 54.9. The average molecular weight is 931 g/mol. The van der Waals surface area contributed by atoms with E-state index in [9.17, 15) is 14.4 Å². The molecule has 382 valence electrons. The quantitative estimate of drug-likeness (QED) is 0.0199. The molecule has 1 atom stereocenters. The van der Waals surface area contributed by atoms with Gasteiger partial charge < -0.3 is 14.2 Å². The van der Waals surface area contributed by atoms with E-state index in [-0.39, 0.29) is 31.1 Å². The molecule has 0 aliphatic carbocycles. The SMILES string of the molecule is CCC\C=C/C=C\C=C/C=C\C=C/CCCCCCCC(=O)OCC(COC(=O)CCCCC/C=C\CCCCCCCC)OC(=O)CCCCCCC/C=C\C=C/CCCCCCCCC. The predicted molar refractivity (Wildman–Crippen MR) is 288 cm³/mol. The lowest BCUT2D eigenvalue weighted by molar-refractivity contribution is -0.167. The maximum absolute atomic E-state index is 12.8. The van der Waals surface area contributed by atoms with Gasteiger partial charge in [-0.1, -0.05) is 240 Å². The van der Waals surface area contributed by atoms with E-state index in [0.717, 1.165) is 116 Å². The van der Waals surface area contributed by atoms with Crippen LogP contribution in [0.1, 0.15) is 252 Å². The van der Waals surface area contributed by atoms with E-state index in [1.807, 2.05) is 24.3 Å². The first kappa shape index (κ1) is 63.3. The number of rotatable bonds is 49. The lowest BCUT2D eigenvalue weighted by Crippen LogP contribution is -2.30. The second-order valence-electron chi connectivity index (χ2n) is 18.3. The molecule has 0 rings (SSSR count). The first-order valence-corrected chi connectivity index (χ1v) is 27.8. The minimum atomic E-state index is -0.804. The third-order valence-corrected chi connectivity index (χ3v) is 11.7. The van der Waals surface area contributed by atoms with Gasteiger partial charge in [-0.3, -0.25) is 14.4 Å². The molecule has 0 amide bonds. The van der Waals surface area contributed by atoms with Crippen molar-refractivity contribution in [1.29, 1.82) is 0 Å². The van der Waals surface area contributed by atoms with Crippen LogP contribution in [0.3, 0.4) is 0 Å². The fraction of sp³-hybridized carbons (Fsp3) is 0.689. The van der Waals surface area contributed by atoms with Crippen molar-refractivity contribution < 1.29 is 28.6 Å². The fourth-order valence-electron chi connectivity index (χ4n) is 7.46. The lowest BCUT2D eigenvalue weighted by atomic mass is 10.1. The first-order chi connectivity index (χ1) is 33.0. The highest BCUT2D eigenvalue weighted by atomic mass is 16.6. The van der Waals surface area contributed by atoms with E-state index >= 15 is 0 Å². The number of esters is 3. The summed E-state index contributed by atoms with van der Waals surface area (Å²) in [5, 5.41) is 0. The van der Waals surface area contributed by atoms with Crippen LogP contribution in [0, 0.1) is 0 Å². The van der Waals surface area contributed by atoms with Gasteiger partial charge in [-0.05, 0) is 89.9 Å². The summed E-state index contributed by atoms with van der Waals surface area (Å²) in [6.07, 6.45) is 72.4. The Morgan fingerprint density at radius 2 is 0.582 bits per heavy atom. The van der Waals surface area contributed by atoms with Crippen LogP contribution >= 0.6 is 0 Å².